The molecule has 1 aromatic heterocycles. The summed E-state index contributed by atoms with van der Waals surface area (Å²) >= 11 is 0. The first-order valence-corrected chi connectivity index (χ1v) is 6.92. The van der Waals surface area contributed by atoms with Gasteiger partial charge in [0.1, 0.15) is 23.1 Å². The molecule has 11 heteroatoms. The van der Waals surface area contributed by atoms with E-state index in [1.54, 1.807) is 0 Å². The molecular weight excluding hydrogens is 337 g/mol. The van der Waals surface area contributed by atoms with Gasteiger partial charge in [-0.25, -0.2) is 29.0 Å². The van der Waals surface area contributed by atoms with Gasteiger partial charge in [-0.1, -0.05) is 0 Å². The maximum Gasteiger partial charge on any atom is 0.221 e. The minimum atomic E-state index is -1.87. The maximum atomic E-state index is 14.1. The number of nitrogens with two attached hydrogens (primary N) is 3. The highest BCUT2D eigenvalue weighted by Crippen LogP contribution is 2.23. The molecule has 25 heavy (non-hydrogen) atoms. The summed E-state index contributed by atoms with van der Waals surface area (Å²) in [6.07, 6.45) is 0. The number of benzene rings is 1. The lowest BCUT2D eigenvalue weighted by atomic mass is 10.1. The molecule has 8 nitrogen and oxygen atoms in total. The van der Waals surface area contributed by atoms with Crippen molar-refractivity contribution in [3.05, 3.63) is 59.0 Å². The molecule has 8 N–H and O–H groups in total. The number of hydrogen-bond acceptors (Lipinski definition) is 8. The minimum absolute atomic E-state index is 0.0751. The Balaban J connectivity index is 2.07. The lowest BCUT2D eigenvalue weighted by molar-refractivity contribution is 0.418. The zero-order chi connectivity index (χ0) is 18.2. The van der Waals surface area contributed by atoms with Gasteiger partial charge >= 0.3 is 0 Å². The smallest absolute Gasteiger partial charge is 0.221 e. The number of anilines is 1. The lowest BCUT2D eigenvalue weighted by Gasteiger charge is -2.31. The zero-order valence-electron chi connectivity index (χ0n) is 12.6. The Morgan fingerprint density at radius 2 is 1.76 bits per heavy atom. The van der Waals surface area contributed by atoms with Crippen LogP contribution in [0.5, 0.6) is 0 Å². The molecule has 2 aromatic rings. The quantitative estimate of drug-likeness (QED) is 0.396. The molecule has 0 fully saturated rings. The van der Waals surface area contributed by atoms with Crippen molar-refractivity contribution >= 4 is 17.6 Å². The Hall–Kier alpha value is -3.18. The third-order valence-electron chi connectivity index (χ3n) is 3.35. The summed E-state index contributed by atoms with van der Waals surface area (Å²) in [4.78, 5) is 11.6. The zero-order valence-corrected chi connectivity index (χ0v) is 12.6. The van der Waals surface area contributed by atoms with Gasteiger partial charge in [0.05, 0.1) is 0 Å². The van der Waals surface area contributed by atoms with Crippen LogP contribution in [-0.2, 0) is 5.79 Å². The number of rotatable bonds is 3. The number of pyridine rings is 1. The van der Waals surface area contributed by atoms with Crippen LogP contribution in [0.25, 0.3) is 0 Å². The number of nitrogens with one attached hydrogen (secondary N) is 2. The van der Waals surface area contributed by atoms with E-state index in [0.717, 1.165) is 18.2 Å². The van der Waals surface area contributed by atoms with Crippen molar-refractivity contribution in [2.75, 3.05) is 5.43 Å². The molecule has 0 saturated heterocycles. The van der Waals surface area contributed by atoms with Gasteiger partial charge in [-0.05, 0) is 24.3 Å². The molecule has 2 heterocycles. The van der Waals surface area contributed by atoms with Crippen LogP contribution in [-0.4, -0.2) is 16.8 Å². The van der Waals surface area contributed by atoms with Crippen LogP contribution in [0.4, 0.5) is 19.0 Å². The molecule has 0 spiro atoms. The molecule has 0 radical (unpaired) electrons. The molecular formula is C14H13F3N8. The molecule has 1 aliphatic heterocycles. The highest BCUT2D eigenvalue weighted by Gasteiger charge is 2.34. The van der Waals surface area contributed by atoms with Crippen LogP contribution < -0.4 is 28.1 Å². The molecule has 1 aliphatic rings. The molecule has 0 saturated carbocycles. The monoisotopic (exact) mass is 350 g/mol. The van der Waals surface area contributed by atoms with Gasteiger partial charge in [0.2, 0.25) is 11.7 Å². The first-order chi connectivity index (χ1) is 11.8. The van der Waals surface area contributed by atoms with Crippen LogP contribution in [0.1, 0.15) is 11.3 Å². The fourth-order valence-electron chi connectivity index (χ4n) is 2.27. The van der Waals surface area contributed by atoms with Crippen molar-refractivity contribution in [2.24, 2.45) is 27.3 Å². The predicted molar refractivity (Wildman–Crippen MR) is 85.5 cm³/mol. The number of hydrogen-bond donors (Lipinski definition) is 5. The number of nitrogens with zero attached hydrogens (tertiary/aromatic N) is 3. The van der Waals surface area contributed by atoms with Crippen LogP contribution in [0.2, 0.25) is 0 Å². The van der Waals surface area contributed by atoms with Crippen molar-refractivity contribution in [1.82, 2.24) is 10.3 Å². The summed E-state index contributed by atoms with van der Waals surface area (Å²) in [6, 6.07) is 5.02. The van der Waals surface area contributed by atoms with Crippen LogP contribution >= 0.6 is 0 Å². The van der Waals surface area contributed by atoms with Gasteiger partial charge in [-0.15, -0.1) is 0 Å². The number of aliphatic imine (C=N–C) groups is 2. The molecule has 0 amide bonds. The Kier molecular flexibility index (Phi) is 4.02. The largest absolute Gasteiger partial charge is 0.368 e. The third-order valence-corrected chi connectivity index (χ3v) is 3.35. The average Bonchev–Trinajstić information content (AvgIpc) is 2.53. The summed E-state index contributed by atoms with van der Waals surface area (Å²) in [5, 5.41) is 2.60. The van der Waals surface area contributed by atoms with Crippen molar-refractivity contribution in [3.63, 3.8) is 0 Å². The van der Waals surface area contributed by atoms with E-state index in [-0.39, 0.29) is 28.9 Å². The molecule has 1 aromatic carbocycles. The average molecular weight is 350 g/mol. The summed E-state index contributed by atoms with van der Waals surface area (Å²) in [5.41, 5.74) is 13.6. The summed E-state index contributed by atoms with van der Waals surface area (Å²) < 4.78 is 41.1. The summed E-state index contributed by atoms with van der Waals surface area (Å²) in [6.45, 7) is 0. The van der Waals surface area contributed by atoms with Crippen molar-refractivity contribution < 1.29 is 13.2 Å². The van der Waals surface area contributed by atoms with Crippen molar-refractivity contribution in [2.45, 2.75) is 5.79 Å². The van der Waals surface area contributed by atoms with E-state index < -0.39 is 23.2 Å². The lowest BCUT2D eigenvalue weighted by Crippen LogP contribution is -2.55. The highest BCUT2D eigenvalue weighted by atomic mass is 19.1. The second kappa shape index (κ2) is 6.03. The first kappa shape index (κ1) is 16.7. The number of guanidine groups is 1. The van der Waals surface area contributed by atoms with Gasteiger partial charge in [0.25, 0.3) is 0 Å². The number of nitrogen functional groups attached to an aromatic ring is 1. The Bertz CT molecular complexity index is 877. The number of hydrazine groups is 1. The fraction of sp³-hybridized carbons (Fsp3) is 0.0714. The molecule has 1 atom stereocenters. The Morgan fingerprint density at radius 1 is 1.08 bits per heavy atom. The SMILES string of the molecule is NNc1ccc(F)c(C2=NC(N)=NC(N)(c3cc(F)cc(F)c3)N2)n1. The van der Waals surface area contributed by atoms with E-state index in [1.165, 1.54) is 6.07 Å². The number of amidine groups is 1. The second-order valence-electron chi connectivity index (χ2n) is 5.15. The maximum absolute atomic E-state index is 14.1. The first-order valence-electron chi connectivity index (χ1n) is 6.92. The van der Waals surface area contributed by atoms with Gasteiger partial charge < -0.3 is 16.5 Å². The minimum Gasteiger partial charge on any atom is -0.368 e. The Labute approximate surface area is 139 Å². The van der Waals surface area contributed by atoms with E-state index in [1.807, 2.05) is 0 Å². The topological polar surface area (TPSA) is 140 Å². The molecule has 3 rings (SSSR count). The van der Waals surface area contributed by atoms with Crippen LogP contribution in [0.3, 0.4) is 0 Å². The van der Waals surface area contributed by atoms with E-state index >= 15 is 0 Å². The van der Waals surface area contributed by atoms with E-state index in [4.69, 9.17) is 17.3 Å². The van der Waals surface area contributed by atoms with Crippen molar-refractivity contribution in [3.8, 4) is 0 Å². The summed E-state index contributed by atoms with van der Waals surface area (Å²) in [5.74, 6) is 0.569. The fourth-order valence-corrected chi connectivity index (χ4v) is 2.27. The predicted octanol–water partition coefficient (Wildman–Crippen LogP) is 0.218. The third kappa shape index (κ3) is 3.22. The Morgan fingerprint density at radius 3 is 2.40 bits per heavy atom. The highest BCUT2D eigenvalue weighted by molar-refractivity contribution is 6.06. The second-order valence-corrected chi connectivity index (χ2v) is 5.15. The van der Waals surface area contributed by atoms with Crippen LogP contribution in [0, 0.1) is 17.5 Å². The molecule has 0 aliphatic carbocycles. The van der Waals surface area contributed by atoms with E-state index in [2.05, 4.69) is 25.7 Å². The van der Waals surface area contributed by atoms with E-state index in [0.29, 0.717) is 6.07 Å². The molecule has 1 unspecified atom stereocenters. The van der Waals surface area contributed by atoms with E-state index in [9.17, 15) is 13.2 Å². The summed E-state index contributed by atoms with van der Waals surface area (Å²) in [7, 11) is 0. The molecule has 0 bridgehead atoms. The van der Waals surface area contributed by atoms with Crippen LogP contribution in [0.15, 0.2) is 40.3 Å². The van der Waals surface area contributed by atoms with Gasteiger partial charge in [0, 0.05) is 11.6 Å². The number of aromatic nitrogens is 1. The normalized spacial score (nSPS) is 19.7. The number of halogens is 3. The van der Waals surface area contributed by atoms with Gasteiger partial charge in [-0.2, -0.15) is 4.99 Å². The standard InChI is InChI=1S/C14H13F3N8/c15-7-3-6(4-8(16)5-7)14(19)23-12(22-13(18)24-14)11-9(17)1-2-10(21-11)25-20/h1-5H,19-20H2,(H,21,25)(H3,18,22,23,24). The molecule has 130 valence electrons. The van der Waals surface area contributed by atoms with Gasteiger partial charge in [-0.3, -0.25) is 5.73 Å². The van der Waals surface area contributed by atoms with Gasteiger partial charge in [0.15, 0.2) is 11.7 Å². The van der Waals surface area contributed by atoms with Crippen molar-refractivity contribution in [1.29, 1.82) is 0 Å².